The molecule has 1 aromatic heterocycles. The summed E-state index contributed by atoms with van der Waals surface area (Å²) in [6.45, 7) is 6.67. The fourth-order valence-electron chi connectivity index (χ4n) is 2.31. The van der Waals surface area contributed by atoms with Crippen molar-refractivity contribution in [2.24, 2.45) is 5.92 Å². The molecule has 0 radical (unpaired) electrons. The summed E-state index contributed by atoms with van der Waals surface area (Å²) in [4.78, 5) is 7.07. The number of aromatic nitrogens is 1. The van der Waals surface area contributed by atoms with Gasteiger partial charge in [0, 0.05) is 17.6 Å². The second-order valence-electron chi connectivity index (χ2n) is 4.60. The molecule has 1 aliphatic rings. The van der Waals surface area contributed by atoms with Gasteiger partial charge in [-0.2, -0.15) is 0 Å². The molecule has 0 bridgehead atoms. The van der Waals surface area contributed by atoms with E-state index in [2.05, 4.69) is 51.8 Å². The van der Waals surface area contributed by atoms with Crippen LogP contribution in [0.2, 0.25) is 0 Å². The van der Waals surface area contributed by atoms with Crippen LogP contribution in [0.15, 0.2) is 16.6 Å². The molecule has 0 aromatic carbocycles. The number of aryl methyl sites for hydroxylation is 1. The molecule has 0 N–H and O–H groups in total. The van der Waals surface area contributed by atoms with Crippen LogP contribution in [0.3, 0.4) is 0 Å². The SMILES string of the molecule is CCC1CCCN(c2ccc(Br)c(C)n2)C1. The normalized spacial score (nSPS) is 21.2. The van der Waals surface area contributed by atoms with Crippen LogP contribution in [0.5, 0.6) is 0 Å². The van der Waals surface area contributed by atoms with Crippen LogP contribution >= 0.6 is 15.9 Å². The minimum atomic E-state index is 0.847. The zero-order valence-electron chi connectivity index (χ0n) is 10.0. The lowest BCUT2D eigenvalue weighted by atomic mass is 9.96. The molecule has 1 atom stereocenters. The molecule has 0 aliphatic carbocycles. The van der Waals surface area contributed by atoms with E-state index in [0.717, 1.165) is 28.4 Å². The zero-order valence-corrected chi connectivity index (χ0v) is 11.6. The average molecular weight is 283 g/mol. The first-order chi connectivity index (χ1) is 7.70. The smallest absolute Gasteiger partial charge is 0.128 e. The second kappa shape index (κ2) is 5.17. The van der Waals surface area contributed by atoms with E-state index in [1.807, 2.05) is 0 Å². The van der Waals surface area contributed by atoms with Crippen LogP contribution in [-0.4, -0.2) is 18.1 Å². The van der Waals surface area contributed by atoms with Crippen LogP contribution in [-0.2, 0) is 0 Å². The Morgan fingerprint density at radius 3 is 3.00 bits per heavy atom. The Morgan fingerprint density at radius 2 is 2.31 bits per heavy atom. The maximum atomic E-state index is 4.64. The molecule has 1 aromatic rings. The van der Waals surface area contributed by atoms with Crippen molar-refractivity contribution in [3.63, 3.8) is 0 Å². The largest absolute Gasteiger partial charge is 0.356 e. The highest BCUT2D eigenvalue weighted by Crippen LogP contribution is 2.25. The summed E-state index contributed by atoms with van der Waals surface area (Å²) in [5.74, 6) is 1.98. The van der Waals surface area contributed by atoms with Crippen LogP contribution in [0.4, 0.5) is 5.82 Å². The highest BCUT2D eigenvalue weighted by molar-refractivity contribution is 9.10. The molecule has 0 spiro atoms. The summed E-state index contributed by atoms with van der Waals surface area (Å²) in [5.41, 5.74) is 1.08. The molecule has 0 saturated carbocycles. The van der Waals surface area contributed by atoms with Gasteiger partial charge >= 0.3 is 0 Å². The number of halogens is 1. The molecule has 1 fully saturated rings. The minimum Gasteiger partial charge on any atom is -0.356 e. The monoisotopic (exact) mass is 282 g/mol. The summed E-state index contributed by atoms with van der Waals surface area (Å²) in [7, 11) is 0. The number of hydrogen-bond acceptors (Lipinski definition) is 2. The lowest BCUT2D eigenvalue weighted by molar-refractivity contribution is 0.403. The lowest BCUT2D eigenvalue weighted by Crippen LogP contribution is -2.35. The Kier molecular flexibility index (Phi) is 3.85. The van der Waals surface area contributed by atoms with E-state index in [1.165, 1.54) is 25.8 Å². The third kappa shape index (κ3) is 2.57. The van der Waals surface area contributed by atoms with Crippen LogP contribution in [0.25, 0.3) is 0 Å². The number of pyridine rings is 1. The van der Waals surface area contributed by atoms with Crippen LogP contribution < -0.4 is 4.90 Å². The molecule has 2 nitrogen and oxygen atoms in total. The summed E-state index contributed by atoms with van der Waals surface area (Å²) >= 11 is 3.50. The van der Waals surface area contributed by atoms with Crippen molar-refractivity contribution in [3.8, 4) is 0 Å². The highest BCUT2D eigenvalue weighted by atomic mass is 79.9. The van der Waals surface area contributed by atoms with Crippen molar-refractivity contribution in [3.05, 3.63) is 22.3 Å². The van der Waals surface area contributed by atoms with E-state index < -0.39 is 0 Å². The molecule has 2 heterocycles. The van der Waals surface area contributed by atoms with E-state index in [9.17, 15) is 0 Å². The van der Waals surface area contributed by atoms with Gasteiger partial charge in [0.2, 0.25) is 0 Å². The quantitative estimate of drug-likeness (QED) is 0.821. The fourth-order valence-corrected chi connectivity index (χ4v) is 2.53. The molecule has 0 amide bonds. The maximum Gasteiger partial charge on any atom is 0.128 e. The Morgan fingerprint density at radius 1 is 1.50 bits per heavy atom. The standard InChI is InChI=1S/C13H19BrN2/c1-3-11-5-4-8-16(9-11)13-7-6-12(14)10(2)15-13/h6-7,11H,3-5,8-9H2,1-2H3. The van der Waals surface area contributed by atoms with Crippen molar-refractivity contribution < 1.29 is 0 Å². The first-order valence-electron chi connectivity index (χ1n) is 6.08. The molecule has 1 aliphatic heterocycles. The summed E-state index contributed by atoms with van der Waals surface area (Å²) < 4.78 is 1.10. The number of nitrogens with zero attached hydrogens (tertiary/aromatic N) is 2. The highest BCUT2D eigenvalue weighted by Gasteiger charge is 2.19. The Balaban J connectivity index is 2.13. The van der Waals surface area contributed by atoms with Gasteiger partial charge in [0.1, 0.15) is 5.82 Å². The van der Waals surface area contributed by atoms with Crippen molar-refractivity contribution in [2.45, 2.75) is 33.1 Å². The van der Waals surface area contributed by atoms with Gasteiger partial charge in [0.05, 0.1) is 5.69 Å². The topological polar surface area (TPSA) is 16.1 Å². The van der Waals surface area contributed by atoms with Crippen molar-refractivity contribution in [1.29, 1.82) is 0 Å². The van der Waals surface area contributed by atoms with Gasteiger partial charge in [0.25, 0.3) is 0 Å². The summed E-state index contributed by atoms with van der Waals surface area (Å²) in [5, 5.41) is 0. The zero-order chi connectivity index (χ0) is 11.5. The second-order valence-corrected chi connectivity index (χ2v) is 5.45. The van der Waals surface area contributed by atoms with Gasteiger partial charge in [-0.25, -0.2) is 4.98 Å². The van der Waals surface area contributed by atoms with Gasteiger partial charge in [-0.1, -0.05) is 13.3 Å². The van der Waals surface area contributed by atoms with Crippen LogP contribution in [0, 0.1) is 12.8 Å². The third-order valence-electron chi connectivity index (χ3n) is 3.43. The van der Waals surface area contributed by atoms with Crippen molar-refractivity contribution in [2.75, 3.05) is 18.0 Å². The number of anilines is 1. The number of hydrogen-bond donors (Lipinski definition) is 0. The van der Waals surface area contributed by atoms with E-state index >= 15 is 0 Å². The lowest BCUT2D eigenvalue weighted by Gasteiger charge is -2.33. The van der Waals surface area contributed by atoms with Gasteiger partial charge < -0.3 is 4.90 Å². The Hall–Kier alpha value is -0.570. The molecule has 3 heteroatoms. The van der Waals surface area contributed by atoms with Crippen molar-refractivity contribution in [1.82, 2.24) is 4.98 Å². The molecule has 1 unspecified atom stereocenters. The predicted molar refractivity (Wildman–Crippen MR) is 71.9 cm³/mol. The molecular formula is C13H19BrN2. The Bertz CT molecular complexity index is 365. The minimum absolute atomic E-state index is 0.847. The molecule has 16 heavy (non-hydrogen) atoms. The third-order valence-corrected chi connectivity index (χ3v) is 4.27. The van der Waals surface area contributed by atoms with Gasteiger partial charge in [-0.3, -0.25) is 0 Å². The van der Waals surface area contributed by atoms with Gasteiger partial charge in [0.15, 0.2) is 0 Å². The van der Waals surface area contributed by atoms with E-state index in [4.69, 9.17) is 0 Å². The van der Waals surface area contributed by atoms with Crippen LogP contribution in [0.1, 0.15) is 31.9 Å². The van der Waals surface area contributed by atoms with Gasteiger partial charge in [-0.05, 0) is 53.7 Å². The summed E-state index contributed by atoms with van der Waals surface area (Å²) in [6, 6.07) is 4.22. The molecular weight excluding hydrogens is 264 g/mol. The number of rotatable bonds is 2. The van der Waals surface area contributed by atoms with E-state index in [0.29, 0.717) is 0 Å². The van der Waals surface area contributed by atoms with E-state index in [-0.39, 0.29) is 0 Å². The van der Waals surface area contributed by atoms with Gasteiger partial charge in [-0.15, -0.1) is 0 Å². The predicted octanol–water partition coefficient (Wildman–Crippen LogP) is 3.78. The molecule has 88 valence electrons. The first kappa shape index (κ1) is 11.9. The Labute approximate surface area is 106 Å². The summed E-state index contributed by atoms with van der Waals surface area (Å²) in [6.07, 6.45) is 3.96. The fraction of sp³-hybridized carbons (Fsp3) is 0.615. The van der Waals surface area contributed by atoms with E-state index in [1.54, 1.807) is 0 Å². The molecule has 1 saturated heterocycles. The molecule has 2 rings (SSSR count). The number of piperidine rings is 1. The van der Waals surface area contributed by atoms with Crippen molar-refractivity contribution >= 4 is 21.7 Å². The first-order valence-corrected chi connectivity index (χ1v) is 6.88. The average Bonchev–Trinajstić information content (AvgIpc) is 2.33. The maximum absolute atomic E-state index is 4.64.